The summed E-state index contributed by atoms with van der Waals surface area (Å²) in [5.74, 6) is -4.66. The van der Waals surface area contributed by atoms with E-state index in [9.17, 15) is 32.5 Å². The molecule has 27 heavy (non-hydrogen) atoms. The number of carbonyl (C=O) groups excluding carboxylic acids is 1. The average Bonchev–Trinajstić information content (AvgIpc) is 2.90. The van der Waals surface area contributed by atoms with Crippen LogP contribution in [0.2, 0.25) is 0 Å². The number of ether oxygens (including phenoxy) is 2. The fraction of sp³-hybridized carbons (Fsp3) is 0.143. The van der Waals surface area contributed by atoms with Gasteiger partial charge in [-0.15, -0.1) is 13.2 Å². The lowest BCUT2D eigenvalue weighted by atomic mass is 10.2. The smallest absolute Gasteiger partial charge is 0.464 e. The summed E-state index contributed by atoms with van der Waals surface area (Å²) in [5, 5.41) is 19.8. The SMILES string of the molecule is COC(=O)c1c(N)c(C#N)cn1-c1ccc([N+](=O)[O-])c(F)c1OC(F)(F)F. The van der Waals surface area contributed by atoms with Gasteiger partial charge in [0.05, 0.1) is 29.0 Å². The number of carbonyl (C=O) groups is 1. The molecule has 1 aromatic heterocycles. The van der Waals surface area contributed by atoms with Crippen molar-refractivity contribution >= 4 is 17.3 Å². The summed E-state index contributed by atoms with van der Waals surface area (Å²) >= 11 is 0. The van der Waals surface area contributed by atoms with Crippen molar-refractivity contribution in [1.82, 2.24) is 4.57 Å². The predicted octanol–water partition coefficient (Wildman–Crippen LogP) is 2.66. The summed E-state index contributed by atoms with van der Waals surface area (Å²) in [7, 11) is 0.939. The summed E-state index contributed by atoms with van der Waals surface area (Å²) in [6.07, 6.45) is -4.57. The molecule has 0 aliphatic carbocycles. The number of rotatable bonds is 4. The van der Waals surface area contributed by atoms with E-state index in [1.165, 1.54) is 0 Å². The van der Waals surface area contributed by atoms with Gasteiger partial charge in [-0.2, -0.15) is 9.65 Å². The molecule has 13 heteroatoms. The van der Waals surface area contributed by atoms with E-state index in [0.29, 0.717) is 16.7 Å². The largest absolute Gasteiger partial charge is 0.573 e. The number of anilines is 1. The molecule has 0 saturated carbocycles. The van der Waals surface area contributed by atoms with Gasteiger partial charge in [0, 0.05) is 12.3 Å². The summed E-state index contributed by atoms with van der Waals surface area (Å²) < 4.78 is 61.0. The monoisotopic (exact) mass is 388 g/mol. The molecule has 2 N–H and O–H groups in total. The Morgan fingerprint density at radius 3 is 2.52 bits per heavy atom. The molecule has 0 unspecified atom stereocenters. The molecule has 9 nitrogen and oxygen atoms in total. The zero-order valence-electron chi connectivity index (χ0n) is 13.2. The molecule has 0 spiro atoms. The maximum absolute atomic E-state index is 14.3. The second kappa shape index (κ2) is 6.83. The first-order chi connectivity index (χ1) is 12.5. The molecule has 0 atom stereocenters. The lowest BCUT2D eigenvalue weighted by molar-refractivity contribution is -0.387. The van der Waals surface area contributed by atoms with Crippen molar-refractivity contribution in [2.45, 2.75) is 6.36 Å². The Hall–Kier alpha value is -3.82. The fourth-order valence-corrected chi connectivity index (χ4v) is 2.18. The van der Waals surface area contributed by atoms with Crippen molar-refractivity contribution in [3.8, 4) is 17.5 Å². The highest BCUT2D eigenvalue weighted by molar-refractivity contribution is 5.96. The maximum atomic E-state index is 14.3. The molecule has 0 bridgehead atoms. The number of nitro benzene ring substituents is 1. The minimum atomic E-state index is -5.41. The minimum Gasteiger partial charge on any atom is -0.464 e. The van der Waals surface area contributed by atoms with Crippen LogP contribution in [0.4, 0.5) is 28.9 Å². The number of nitrogens with zero attached hydrogens (tertiary/aromatic N) is 3. The number of hydrogen-bond donors (Lipinski definition) is 1. The van der Waals surface area contributed by atoms with E-state index in [1.54, 1.807) is 6.07 Å². The zero-order chi connectivity index (χ0) is 20.5. The molecule has 142 valence electrons. The third-order valence-electron chi connectivity index (χ3n) is 3.27. The van der Waals surface area contributed by atoms with Crippen LogP contribution in [0.3, 0.4) is 0 Å². The molecule has 0 aliphatic heterocycles. The van der Waals surface area contributed by atoms with Crippen LogP contribution in [0, 0.1) is 27.3 Å². The van der Waals surface area contributed by atoms with Crippen LogP contribution >= 0.6 is 0 Å². The number of aromatic nitrogens is 1. The number of nitrogens with two attached hydrogens (primary N) is 1. The number of hydrogen-bond acceptors (Lipinski definition) is 7. The summed E-state index contributed by atoms with van der Waals surface area (Å²) in [5.41, 5.74) is 2.20. The highest BCUT2D eigenvalue weighted by atomic mass is 19.4. The van der Waals surface area contributed by atoms with E-state index >= 15 is 0 Å². The average molecular weight is 388 g/mol. The number of nitrogen functional groups attached to an aromatic ring is 1. The minimum absolute atomic E-state index is 0.327. The van der Waals surface area contributed by atoms with Gasteiger partial charge in [0.15, 0.2) is 11.4 Å². The zero-order valence-corrected chi connectivity index (χ0v) is 13.2. The van der Waals surface area contributed by atoms with Crippen LogP contribution in [-0.2, 0) is 4.74 Å². The predicted molar refractivity (Wildman–Crippen MR) is 79.5 cm³/mol. The number of methoxy groups -OCH3 is 1. The van der Waals surface area contributed by atoms with Crippen LogP contribution < -0.4 is 10.5 Å². The van der Waals surface area contributed by atoms with Crippen molar-refractivity contribution in [2.75, 3.05) is 12.8 Å². The lowest BCUT2D eigenvalue weighted by Gasteiger charge is -2.16. The van der Waals surface area contributed by atoms with Gasteiger partial charge in [-0.25, -0.2) is 4.79 Å². The summed E-state index contributed by atoms with van der Waals surface area (Å²) in [6.45, 7) is 0. The van der Waals surface area contributed by atoms with Crippen molar-refractivity contribution in [3.63, 3.8) is 0 Å². The van der Waals surface area contributed by atoms with E-state index in [2.05, 4.69) is 9.47 Å². The van der Waals surface area contributed by atoms with Gasteiger partial charge < -0.3 is 19.8 Å². The van der Waals surface area contributed by atoms with E-state index in [-0.39, 0.29) is 5.56 Å². The van der Waals surface area contributed by atoms with Crippen LogP contribution in [0.5, 0.6) is 5.75 Å². The second-order valence-corrected chi connectivity index (χ2v) is 4.83. The first-order valence-electron chi connectivity index (χ1n) is 6.74. The normalized spacial score (nSPS) is 11.0. The third-order valence-corrected chi connectivity index (χ3v) is 3.27. The van der Waals surface area contributed by atoms with Crippen molar-refractivity contribution < 1.29 is 36.8 Å². The van der Waals surface area contributed by atoms with Crippen molar-refractivity contribution in [3.05, 3.63) is 45.5 Å². The molecule has 2 aromatic rings. The molecule has 1 heterocycles. The first kappa shape index (κ1) is 19.5. The molecule has 0 aliphatic rings. The van der Waals surface area contributed by atoms with Crippen molar-refractivity contribution in [2.24, 2.45) is 0 Å². The van der Waals surface area contributed by atoms with Gasteiger partial charge in [0.25, 0.3) is 0 Å². The molecular formula is C14H8F4N4O5. The number of esters is 1. The third kappa shape index (κ3) is 3.59. The van der Waals surface area contributed by atoms with Crippen molar-refractivity contribution in [1.29, 1.82) is 5.26 Å². The number of benzene rings is 1. The van der Waals surface area contributed by atoms with Gasteiger partial charge in [0.1, 0.15) is 6.07 Å². The molecule has 1 aromatic carbocycles. The lowest BCUT2D eigenvalue weighted by Crippen LogP contribution is -2.20. The van der Waals surface area contributed by atoms with Crippen LogP contribution in [-0.4, -0.2) is 28.9 Å². The number of nitro groups is 1. The van der Waals surface area contributed by atoms with Gasteiger partial charge in [0.2, 0.25) is 5.82 Å². The Balaban J connectivity index is 2.87. The Kier molecular flexibility index (Phi) is 4.93. The first-order valence-corrected chi connectivity index (χ1v) is 6.74. The summed E-state index contributed by atoms with van der Waals surface area (Å²) in [4.78, 5) is 21.5. The van der Waals surface area contributed by atoms with Gasteiger partial charge in [-0.1, -0.05) is 0 Å². The standard InChI is InChI=1S/C14H8F4N4O5/c1-26-13(23)11-10(20)6(4-19)5-21(11)8-3-2-7(22(24)25)9(15)12(8)27-14(16,17)18/h2-3,5H,20H2,1H3. The number of alkyl halides is 3. The Morgan fingerprint density at radius 1 is 1.41 bits per heavy atom. The molecule has 2 rings (SSSR count). The van der Waals surface area contributed by atoms with E-state index in [0.717, 1.165) is 13.3 Å². The summed E-state index contributed by atoms with van der Waals surface area (Å²) in [6, 6.07) is 2.87. The molecule has 0 amide bonds. The van der Waals surface area contributed by atoms with Crippen LogP contribution in [0.25, 0.3) is 5.69 Å². The highest BCUT2D eigenvalue weighted by Gasteiger charge is 2.37. The topological polar surface area (TPSA) is 133 Å². The fourth-order valence-electron chi connectivity index (χ4n) is 2.18. The Labute approximate surface area is 147 Å². The van der Waals surface area contributed by atoms with E-state index < -0.39 is 51.6 Å². The van der Waals surface area contributed by atoms with Gasteiger partial charge >= 0.3 is 18.0 Å². The Bertz CT molecular complexity index is 977. The maximum Gasteiger partial charge on any atom is 0.573 e. The van der Waals surface area contributed by atoms with Crippen LogP contribution in [0.1, 0.15) is 16.1 Å². The molecular weight excluding hydrogens is 380 g/mol. The highest BCUT2D eigenvalue weighted by Crippen LogP contribution is 2.38. The molecule has 0 radical (unpaired) electrons. The molecule has 0 fully saturated rings. The van der Waals surface area contributed by atoms with E-state index in [4.69, 9.17) is 11.0 Å². The number of nitriles is 1. The van der Waals surface area contributed by atoms with Crippen LogP contribution in [0.15, 0.2) is 18.3 Å². The van der Waals surface area contributed by atoms with E-state index in [1.807, 2.05) is 0 Å². The molecule has 0 saturated heterocycles. The van der Waals surface area contributed by atoms with Gasteiger partial charge in [-0.3, -0.25) is 10.1 Å². The number of halogens is 4. The Morgan fingerprint density at radius 2 is 2.04 bits per heavy atom. The quantitative estimate of drug-likeness (QED) is 0.368. The second-order valence-electron chi connectivity index (χ2n) is 4.83. The van der Waals surface area contributed by atoms with Gasteiger partial charge in [-0.05, 0) is 6.07 Å².